The number of fused-ring (bicyclic) bond motifs is 1. The van der Waals surface area contributed by atoms with E-state index in [9.17, 15) is 4.79 Å². The number of carbonyl (C=O) groups excluding carboxylic acids is 1. The van der Waals surface area contributed by atoms with E-state index in [0.29, 0.717) is 5.92 Å². The SMILES string of the molecule is CC(C)(C)OC(=O)N1CC[C@H](Cc2cccc3nccn23)C1. The summed E-state index contributed by atoms with van der Waals surface area (Å²) in [6, 6.07) is 6.17. The molecule has 0 bridgehead atoms. The minimum Gasteiger partial charge on any atom is -0.444 e. The average Bonchev–Trinajstić information content (AvgIpc) is 3.05. The fraction of sp³-hybridized carbons (Fsp3) is 0.529. The highest BCUT2D eigenvalue weighted by atomic mass is 16.6. The molecule has 0 saturated carbocycles. The van der Waals surface area contributed by atoms with Crippen molar-refractivity contribution in [2.45, 2.75) is 39.2 Å². The highest BCUT2D eigenvalue weighted by Gasteiger charge is 2.30. The summed E-state index contributed by atoms with van der Waals surface area (Å²) in [5.41, 5.74) is 1.78. The molecule has 1 saturated heterocycles. The summed E-state index contributed by atoms with van der Waals surface area (Å²) in [6.07, 6.45) is 5.58. The molecule has 0 radical (unpaired) electrons. The Balaban J connectivity index is 1.64. The van der Waals surface area contributed by atoms with Crippen LogP contribution in [0.25, 0.3) is 5.65 Å². The van der Waals surface area contributed by atoms with Crippen LogP contribution >= 0.6 is 0 Å². The number of carbonyl (C=O) groups is 1. The molecule has 1 aliphatic heterocycles. The molecule has 22 heavy (non-hydrogen) atoms. The fourth-order valence-corrected chi connectivity index (χ4v) is 2.96. The first kappa shape index (κ1) is 14.9. The van der Waals surface area contributed by atoms with Gasteiger partial charge in [-0.1, -0.05) is 6.07 Å². The first-order valence-corrected chi connectivity index (χ1v) is 7.81. The molecule has 1 fully saturated rings. The zero-order chi connectivity index (χ0) is 15.7. The van der Waals surface area contributed by atoms with Gasteiger partial charge < -0.3 is 14.0 Å². The number of imidazole rings is 1. The van der Waals surface area contributed by atoms with Crippen molar-refractivity contribution >= 4 is 11.7 Å². The summed E-state index contributed by atoms with van der Waals surface area (Å²) < 4.78 is 7.57. The highest BCUT2D eigenvalue weighted by Crippen LogP contribution is 2.23. The predicted molar refractivity (Wildman–Crippen MR) is 84.8 cm³/mol. The summed E-state index contributed by atoms with van der Waals surface area (Å²) in [5.74, 6) is 0.473. The monoisotopic (exact) mass is 301 g/mol. The Hall–Kier alpha value is -2.04. The molecule has 0 aliphatic carbocycles. The minimum atomic E-state index is -0.433. The number of pyridine rings is 1. The summed E-state index contributed by atoms with van der Waals surface area (Å²) in [4.78, 5) is 18.3. The van der Waals surface area contributed by atoms with Crippen molar-refractivity contribution in [1.29, 1.82) is 0 Å². The van der Waals surface area contributed by atoms with Gasteiger partial charge in [0.05, 0.1) is 0 Å². The Morgan fingerprint density at radius 2 is 2.23 bits per heavy atom. The molecule has 5 nitrogen and oxygen atoms in total. The minimum absolute atomic E-state index is 0.198. The summed E-state index contributed by atoms with van der Waals surface area (Å²) in [6.45, 7) is 7.24. The second kappa shape index (κ2) is 5.63. The van der Waals surface area contributed by atoms with E-state index in [1.165, 1.54) is 5.69 Å². The third-order valence-electron chi connectivity index (χ3n) is 3.95. The summed E-state index contributed by atoms with van der Waals surface area (Å²) in [5, 5.41) is 0. The fourth-order valence-electron chi connectivity index (χ4n) is 2.96. The lowest BCUT2D eigenvalue weighted by molar-refractivity contribution is 0.0288. The molecule has 0 spiro atoms. The van der Waals surface area contributed by atoms with Crippen LogP contribution in [0.2, 0.25) is 0 Å². The van der Waals surface area contributed by atoms with Gasteiger partial charge in [0.25, 0.3) is 0 Å². The van der Waals surface area contributed by atoms with E-state index < -0.39 is 5.60 Å². The van der Waals surface area contributed by atoms with Gasteiger partial charge in [0.15, 0.2) is 0 Å². The van der Waals surface area contributed by atoms with Crippen LogP contribution in [0.15, 0.2) is 30.6 Å². The van der Waals surface area contributed by atoms with Crippen molar-refractivity contribution in [2.75, 3.05) is 13.1 Å². The standard InChI is InChI=1S/C17H23N3O2/c1-17(2,3)22-16(21)19-9-7-13(12-19)11-14-5-4-6-15-18-8-10-20(14)15/h4-6,8,10,13H,7,9,11-12H2,1-3H3/t13-/m1/s1. The van der Waals surface area contributed by atoms with E-state index >= 15 is 0 Å². The van der Waals surface area contributed by atoms with Gasteiger partial charge in [-0.25, -0.2) is 9.78 Å². The Kier molecular flexibility index (Phi) is 3.81. The highest BCUT2D eigenvalue weighted by molar-refractivity contribution is 5.68. The molecule has 3 rings (SSSR count). The maximum Gasteiger partial charge on any atom is 0.410 e. The Morgan fingerprint density at radius 3 is 3.00 bits per heavy atom. The topological polar surface area (TPSA) is 46.8 Å². The van der Waals surface area contributed by atoms with Crippen molar-refractivity contribution < 1.29 is 9.53 Å². The number of nitrogens with zero attached hydrogens (tertiary/aromatic N) is 3. The zero-order valence-corrected chi connectivity index (χ0v) is 13.5. The second-order valence-corrected chi connectivity index (χ2v) is 6.96. The quantitative estimate of drug-likeness (QED) is 0.856. The van der Waals surface area contributed by atoms with Gasteiger partial charge in [-0.3, -0.25) is 0 Å². The molecule has 0 aromatic carbocycles. The lowest BCUT2D eigenvalue weighted by Gasteiger charge is -2.24. The predicted octanol–water partition coefficient (Wildman–Crippen LogP) is 3.13. The van der Waals surface area contributed by atoms with Crippen LogP contribution in [0.4, 0.5) is 4.79 Å². The normalized spacial score (nSPS) is 18.9. The number of ether oxygens (including phenoxy) is 1. The van der Waals surface area contributed by atoms with Gasteiger partial charge in [0.2, 0.25) is 0 Å². The number of likely N-dealkylation sites (tertiary alicyclic amines) is 1. The van der Waals surface area contributed by atoms with E-state index in [0.717, 1.165) is 31.6 Å². The van der Waals surface area contributed by atoms with Gasteiger partial charge in [-0.2, -0.15) is 0 Å². The molecule has 1 amide bonds. The molecule has 1 aliphatic rings. The van der Waals surface area contributed by atoms with Gasteiger partial charge in [-0.05, 0) is 51.7 Å². The van der Waals surface area contributed by atoms with Crippen LogP contribution in [0.1, 0.15) is 32.9 Å². The van der Waals surface area contributed by atoms with Crippen LogP contribution in [0.5, 0.6) is 0 Å². The molecule has 5 heteroatoms. The molecular weight excluding hydrogens is 278 g/mol. The maximum absolute atomic E-state index is 12.1. The largest absolute Gasteiger partial charge is 0.444 e. The number of hydrogen-bond acceptors (Lipinski definition) is 3. The number of rotatable bonds is 2. The Bertz CT molecular complexity index is 672. The number of amides is 1. The van der Waals surface area contributed by atoms with Crippen molar-refractivity contribution in [2.24, 2.45) is 5.92 Å². The Morgan fingerprint density at radius 1 is 1.41 bits per heavy atom. The van der Waals surface area contributed by atoms with Crippen molar-refractivity contribution in [3.05, 3.63) is 36.3 Å². The zero-order valence-electron chi connectivity index (χ0n) is 13.5. The first-order valence-electron chi connectivity index (χ1n) is 7.81. The molecular formula is C17H23N3O2. The maximum atomic E-state index is 12.1. The van der Waals surface area contributed by atoms with Gasteiger partial charge >= 0.3 is 6.09 Å². The van der Waals surface area contributed by atoms with Crippen LogP contribution in [-0.4, -0.2) is 39.1 Å². The molecule has 3 heterocycles. The van der Waals surface area contributed by atoms with Crippen LogP contribution < -0.4 is 0 Å². The Labute approximate surface area is 130 Å². The first-order chi connectivity index (χ1) is 10.4. The van der Waals surface area contributed by atoms with E-state index in [4.69, 9.17) is 4.74 Å². The summed E-state index contributed by atoms with van der Waals surface area (Å²) >= 11 is 0. The molecule has 0 N–H and O–H groups in total. The second-order valence-electron chi connectivity index (χ2n) is 6.96. The van der Waals surface area contributed by atoms with Gasteiger partial charge in [0.1, 0.15) is 11.2 Å². The summed E-state index contributed by atoms with van der Waals surface area (Å²) in [7, 11) is 0. The molecule has 0 unspecified atom stereocenters. The third-order valence-corrected chi connectivity index (χ3v) is 3.95. The van der Waals surface area contributed by atoms with E-state index in [1.807, 2.05) is 50.2 Å². The molecule has 118 valence electrons. The molecule has 2 aromatic rings. The van der Waals surface area contributed by atoms with E-state index in [1.54, 1.807) is 0 Å². The van der Waals surface area contributed by atoms with Crippen molar-refractivity contribution in [3.63, 3.8) is 0 Å². The van der Waals surface area contributed by atoms with Crippen molar-refractivity contribution in [3.8, 4) is 0 Å². The lowest BCUT2D eigenvalue weighted by atomic mass is 10.0. The van der Waals surface area contributed by atoms with Gasteiger partial charge in [0, 0.05) is 31.2 Å². The number of hydrogen-bond donors (Lipinski definition) is 0. The van der Waals surface area contributed by atoms with Crippen LogP contribution in [-0.2, 0) is 11.2 Å². The smallest absolute Gasteiger partial charge is 0.410 e. The average molecular weight is 301 g/mol. The third kappa shape index (κ3) is 3.24. The van der Waals surface area contributed by atoms with Gasteiger partial charge in [-0.15, -0.1) is 0 Å². The lowest BCUT2D eigenvalue weighted by Crippen LogP contribution is -2.35. The molecule has 1 atom stereocenters. The van der Waals surface area contributed by atoms with Crippen molar-refractivity contribution in [1.82, 2.24) is 14.3 Å². The number of aromatic nitrogens is 2. The van der Waals surface area contributed by atoms with Crippen LogP contribution in [0, 0.1) is 5.92 Å². The van der Waals surface area contributed by atoms with E-state index in [-0.39, 0.29) is 6.09 Å². The van der Waals surface area contributed by atoms with Crippen LogP contribution in [0.3, 0.4) is 0 Å². The van der Waals surface area contributed by atoms with E-state index in [2.05, 4.69) is 15.5 Å². The molecule has 2 aromatic heterocycles.